The van der Waals surface area contributed by atoms with Crippen molar-refractivity contribution in [2.24, 2.45) is 0 Å². The maximum Gasteiger partial charge on any atom is 0.256 e. The molecular formula is C25H16N4O2S. The van der Waals surface area contributed by atoms with Gasteiger partial charge in [-0.3, -0.25) is 9.89 Å². The second-order valence-electron chi connectivity index (χ2n) is 7.51. The summed E-state index contributed by atoms with van der Waals surface area (Å²) in [6, 6.07) is 22.9. The molecule has 154 valence electrons. The summed E-state index contributed by atoms with van der Waals surface area (Å²) in [5.74, 6) is -0.505. The van der Waals surface area contributed by atoms with E-state index >= 15 is 0 Å². The Kier molecular flexibility index (Phi) is 4.16. The van der Waals surface area contributed by atoms with E-state index < -0.39 is 0 Å². The molecule has 0 aliphatic carbocycles. The van der Waals surface area contributed by atoms with E-state index in [0.29, 0.717) is 22.2 Å². The number of anilines is 1. The molecule has 0 bridgehead atoms. The Morgan fingerprint density at radius 2 is 1.81 bits per heavy atom. The van der Waals surface area contributed by atoms with Gasteiger partial charge in [-0.1, -0.05) is 36.4 Å². The van der Waals surface area contributed by atoms with Crippen molar-refractivity contribution in [3.8, 4) is 16.3 Å². The lowest BCUT2D eigenvalue weighted by Gasteiger charge is -2.10. The van der Waals surface area contributed by atoms with Crippen molar-refractivity contribution in [2.45, 2.75) is 0 Å². The summed E-state index contributed by atoms with van der Waals surface area (Å²) in [6.07, 6.45) is 1.75. The van der Waals surface area contributed by atoms with Crippen LogP contribution in [0.1, 0.15) is 10.4 Å². The molecular weight excluding hydrogens is 420 g/mol. The number of thiophene rings is 1. The Bertz CT molecular complexity index is 1620. The van der Waals surface area contributed by atoms with Crippen LogP contribution in [0, 0.1) is 0 Å². The first kappa shape index (κ1) is 18.5. The third-order valence-electron chi connectivity index (χ3n) is 5.44. The number of rotatable bonds is 3. The first-order valence-electron chi connectivity index (χ1n) is 10.0. The Morgan fingerprint density at radius 1 is 0.969 bits per heavy atom. The van der Waals surface area contributed by atoms with Gasteiger partial charge in [0.1, 0.15) is 0 Å². The number of para-hydroxylation sites is 1. The summed E-state index contributed by atoms with van der Waals surface area (Å²) in [7, 11) is 0. The predicted octanol–water partition coefficient (Wildman–Crippen LogP) is 5.95. The summed E-state index contributed by atoms with van der Waals surface area (Å²) in [6.45, 7) is 0. The summed E-state index contributed by atoms with van der Waals surface area (Å²) >= 11 is 1.69. The van der Waals surface area contributed by atoms with Crippen molar-refractivity contribution in [3.05, 3.63) is 84.6 Å². The van der Waals surface area contributed by atoms with Crippen LogP contribution in [0.5, 0.6) is 5.88 Å². The van der Waals surface area contributed by atoms with Crippen LogP contribution < -0.4 is 5.32 Å². The smallest absolute Gasteiger partial charge is 0.256 e. The highest BCUT2D eigenvalue weighted by molar-refractivity contribution is 7.22. The molecule has 0 aliphatic rings. The number of carbonyl (C=O) groups excluding carboxylic acids is 1. The van der Waals surface area contributed by atoms with Gasteiger partial charge >= 0.3 is 0 Å². The fourth-order valence-corrected chi connectivity index (χ4v) is 5.07. The minimum Gasteiger partial charge on any atom is -0.493 e. The summed E-state index contributed by atoms with van der Waals surface area (Å²) in [4.78, 5) is 18.4. The average Bonchev–Trinajstić information content (AvgIpc) is 3.44. The van der Waals surface area contributed by atoms with Crippen LogP contribution in [0.4, 0.5) is 5.69 Å². The number of fused-ring (bicyclic) bond motifs is 3. The minimum atomic E-state index is -0.316. The molecule has 0 spiro atoms. The Morgan fingerprint density at radius 3 is 2.72 bits per heavy atom. The number of hydrogen-bond donors (Lipinski definition) is 3. The van der Waals surface area contributed by atoms with E-state index in [1.807, 2.05) is 42.5 Å². The van der Waals surface area contributed by atoms with E-state index in [9.17, 15) is 9.90 Å². The summed E-state index contributed by atoms with van der Waals surface area (Å²) < 4.78 is 1.20. The highest BCUT2D eigenvalue weighted by Crippen LogP contribution is 2.38. The quantitative estimate of drug-likeness (QED) is 0.320. The molecule has 0 radical (unpaired) electrons. The molecule has 0 aliphatic heterocycles. The maximum atomic E-state index is 13.2. The highest BCUT2D eigenvalue weighted by Gasteiger charge is 2.16. The first-order chi connectivity index (χ1) is 15.7. The van der Waals surface area contributed by atoms with Gasteiger partial charge in [0.25, 0.3) is 5.91 Å². The molecule has 0 saturated carbocycles. The monoisotopic (exact) mass is 436 g/mol. The molecule has 3 heterocycles. The second-order valence-corrected chi connectivity index (χ2v) is 8.59. The lowest BCUT2D eigenvalue weighted by atomic mass is 10.1. The fourth-order valence-electron chi connectivity index (χ4n) is 3.99. The number of aromatic hydroxyl groups is 1. The maximum absolute atomic E-state index is 13.2. The van der Waals surface area contributed by atoms with Crippen LogP contribution in [-0.4, -0.2) is 26.2 Å². The van der Waals surface area contributed by atoms with Gasteiger partial charge < -0.3 is 10.4 Å². The van der Waals surface area contributed by atoms with Crippen LogP contribution in [0.25, 0.3) is 42.3 Å². The van der Waals surface area contributed by atoms with E-state index in [-0.39, 0.29) is 11.8 Å². The third-order valence-corrected chi connectivity index (χ3v) is 6.59. The van der Waals surface area contributed by atoms with Gasteiger partial charge in [-0.25, -0.2) is 4.98 Å². The van der Waals surface area contributed by atoms with E-state index in [0.717, 1.165) is 21.3 Å². The zero-order valence-corrected chi connectivity index (χ0v) is 17.5. The standard InChI is InChI=1S/C25H16N4O2S/c30-23-12-18(17-6-2-3-7-20(17)28-23)25(31)27-16-9-15-13-26-29-24(15)19(11-16)22-10-14-5-1-4-8-21(14)32-22/h1-13H,(H,26,29)(H,27,31)(H,28,30). The lowest BCUT2D eigenvalue weighted by Crippen LogP contribution is -2.12. The molecule has 0 saturated heterocycles. The average molecular weight is 436 g/mol. The molecule has 3 N–H and O–H groups in total. The molecule has 0 fully saturated rings. The largest absolute Gasteiger partial charge is 0.493 e. The van der Waals surface area contributed by atoms with Crippen molar-refractivity contribution in [1.82, 2.24) is 15.2 Å². The van der Waals surface area contributed by atoms with Crippen LogP contribution in [-0.2, 0) is 0 Å². The second kappa shape index (κ2) is 7.18. The summed E-state index contributed by atoms with van der Waals surface area (Å²) in [5.41, 5.74) is 3.47. The molecule has 32 heavy (non-hydrogen) atoms. The molecule has 3 aromatic heterocycles. The van der Waals surface area contributed by atoms with Gasteiger partial charge in [-0.2, -0.15) is 5.10 Å². The third kappa shape index (κ3) is 3.07. The Balaban J connectivity index is 1.45. The van der Waals surface area contributed by atoms with Crippen LogP contribution in [0.15, 0.2) is 79.0 Å². The number of hydrogen-bond acceptors (Lipinski definition) is 5. The Hall–Kier alpha value is -4.23. The SMILES string of the molecule is O=C(Nc1cc(-c2cc3ccccc3s2)c2[nH]ncc2c1)c1cc(O)nc2ccccc12. The molecule has 0 atom stereocenters. The molecule has 6 rings (SSSR count). The van der Waals surface area contributed by atoms with Gasteiger partial charge in [0, 0.05) is 37.7 Å². The van der Waals surface area contributed by atoms with E-state index in [2.05, 4.69) is 38.7 Å². The number of aromatic amines is 1. The minimum absolute atomic E-state index is 0.190. The van der Waals surface area contributed by atoms with Crippen LogP contribution in [0.3, 0.4) is 0 Å². The highest BCUT2D eigenvalue weighted by atomic mass is 32.1. The number of nitrogens with zero attached hydrogens (tertiary/aromatic N) is 2. The van der Waals surface area contributed by atoms with Gasteiger partial charge in [-0.15, -0.1) is 11.3 Å². The molecule has 1 amide bonds. The van der Waals surface area contributed by atoms with Crippen LogP contribution >= 0.6 is 11.3 Å². The zero-order valence-electron chi connectivity index (χ0n) is 16.7. The predicted molar refractivity (Wildman–Crippen MR) is 128 cm³/mol. The molecule has 7 heteroatoms. The van der Waals surface area contributed by atoms with Gasteiger partial charge in [0.2, 0.25) is 5.88 Å². The van der Waals surface area contributed by atoms with E-state index in [1.54, 1.807) is 23.6 Å². The molecule has 3 aromatic carbocycles. The summed E-state index contributed by atoms with van der Waals surface area (Å²) in [5, 5.41) is 23.0. The Labute approximate surface area is 186 Å². The zero-order chi connectivity index (χ0) is 21.7. The number of H-pyrrole nitrogens is 1. The van der Waals surface area contributed by atoms with Crippen LogP contribution in [0.2, 0.25) is 0 Å². The normalized spacial score (nSPS) is 11.4. The molecule has 6 aromatic rings. The van der Waals surface area contributed by atoms with Crippen molar-refractivity contribution in [2.75, 3.05) is 5.32 Å². The first-order valence-corrected chi connectivity index (χ1v) is 10.8. The molecule has 0 unspecified atom stereocenters. The van der Waals surface area contributed by atoms with Gasteiger partial charge in [-0.05, 0) is 35.7 Å². The number of amides is 1. The number of benzene rings is 3. The van der Waals surface area contributed by atoms with Crippen molar-refractivity contribution in [3.63, 3.8) is 0 Å². The topological polar surface area (TPSA) is 90.9 Å². The number of aromatic nitrogens is 3. The fraction of sp³-hybridized carbons (Fsp3) is 0. The molecule has 6 nitrogen and oxygen atoms in total. The number of pyridine rings is 1. The van der Waals surface area contributed by atoms with E-state index in [4.69, 9.17) is 0 Å². The van der Waals surface area contributed by atoms with Crippen molar-refractivity contribution < 1.29 is 9.90 Å². The van der Waals surface area contributed by atoms with Crippen molar-refractivity contribution >= 4 is 54.8 Å². The number of carbonyl (C=O) groups is 1. The van der Waals surface area contributed by atoms with Crippen molar-refractivity contribution in [1.29, 1.82) is 0 Å². The van der Waals surface area contributed by atoms with Gasteiger partial charge in [0.05, 0.1) is 22.8 Å². The van der Waals surface area contributed by atoms with Gasteiger partial charge in [0.15, 0.2) is 0 Å². The number of nitrogens with one attached hydrogen (secondary N) is 2. The lowest BCUT2D eigenvalue weighted by molar-refractivity contribution is 0.102. The van der Waals surface area contributed by atoms with E-state index in [1.165, 1.54) is 16.2 Å².